The molecule has 1 aliphatic carbocycles. The van der Waals surface area contributed by atoms with Gasteiger partial charge >= 0.3 is 0 Å². The van der Waals surface area contributed by atoms with Crippen molar-refractivity contribution < 1.29 is 0 Å². The van der Waals surface area contributed by atoms with Gasteiger partial charge in [-0.25, -0.2) is 0 Å². The van der Waals surface area contributed by atoms with Crippen LogP contribution in [0.1, 0.15) is 37.4 Å². The molecule has 4 unspecified atom stereocenters. The van der Waals surface area contributed by atoms with Crippen LogP contribution in [0.15, 0.2) is 24.3 Å². The van der Waals surface area contributed by atoms with Crippen LogP contribution in [0.25, 0.3) is 0 Å². The summed E-state index contributed by atoms with van der Waals surface area (Å²) in [6.07, 6.45) is 1.38. The first-order chi connectivity index (χ1) is 8.49. The molecule has 2 rings (SSSR count). The average molecular weight is 246 g/mol. The fraction of sp³-hybridized carbons (Fsp3) is 0.625. The lowest BCUT2D eigenvalue weighted by molar-refractivity contribution is 0.208. The summed E-state index contributed by atoms with van der Waals surface area (Å²) in [5.74, 6) is 1.78. The number of hydrogen-bond acceptors (Lipinski definition) is 2. The Hall–Kier alpha value is -0.860. The standard InChI is InChI=1S/C16H26N2/c1-11-5-7-14(8-6-11)16(13(3)17)18(4)10-15-9-12(15)2/h5-8,12-13,15-16H,9-10,17H2,1-4H3. The zero-order chi connectivity index (χ0) is 13.3. The molecule has 0 heterocycles. The van der Waals surface area contributed by atoms with Crippen molar-refractivity contribution in [3.63, 3.8) is 0 Å². The van der Waals surface area contributed by atoms with Gasteiger partial charge in [-0.15, -0.1) is 0 Å². The third-order valence-corrected chi connectivity index (χ3v) is 4.19. The third-order valence-electron chi connectivity index (χ3n) is 4.19. The minimum Gasteiger partial charge on any atom is -0.326 e. The molecule has 1 aliphatic rings. The summed E-state index contributed by atoms with van der Waals surface area (Å²) in [5, 5.41) is 0. The van der Waals surface area contributed by atoms with Crippen molar-refractivity contribution in [2.45, 2.75) is 39.3 Å². The normalized spacial score (nSPS) is 26.1. The minimum atomic E-state index is 0.159. The summed E-state index contributed by atoms with van der Waals surface area (Å²) in [6.45, 7) is 7.74. The second-order valence-electron chi connectivity index (χ2n) is 6.13. The van der Waals surface area contributed by atoms with Crippen LogP contribution >= 0.6 is 0 Å². The molecule has 0 bridgehead atoms. The second-order valence-corrected chi connectivity index (χ2v) is 6.13. The Morgan fingerprint density at radius 3 is 2.33 bits per heavy atom. The second kappa shape index (κ2) is 5.41. The van der Waals surface area contributed by atoms with Crippen molar-refractivity contribution in [1.82, 2.24) is 4.90 Å². The Morgan fingerprint density at radius 1 is 1.33 bits per heavy atom. The van der Waals surface area contributed by atoms with Crippen LogP contribution in [-0.2, 0) is 0 Å². The summed E-state index contributed by atoms with van der Waals surface area (Å²) in [4.78, 5) is 2.43. The molecule has 1 fully saturated rings. The predicted molar refractivity (Wildman–Crippen MR) is 77.5 cm³/mol. The van der Waals surface area contributed by atoms with E-state index in [0.717, 1.165) is 11.8 Å². The van der Waals surface area contributed by atoms with E-state index >= 15 is 0 Å². The maximum absolute atomic E-state index is 6.20. The van der Waals surface area contributed by atoms with Gasteiger partial charge in [0.2, 0.25) is 0 Å². The molecule has 0 radical (unpaired) electrons. The van der Waals surface area contributed by atoms with Gasteiger partial charge in [-0.2, -0.15) is 0 Å². The zero-order valence-electron chi connectivity index (χ0n) is 12.1. The molecule has 4 atom stereocenters. The van der Waals surface area contributed by atoms with Gasteiger partial charge in [0.25, 0.3) is 0 Å². The fourth-order valence-corrected chi connectivity index (χ4v) is 2.86. The summed E-state index contributed by atoms with van der Waals surface area (Å²) >= 11 is 0. The van der Waals surface area contributed by atoms with Gasteiger partial charge in [0.15, 0.2) is 0 Å². The van der Waals surface area contributed by atoms with E-state index in [1.807, 2.05) is 0 Å². The van der Waals surface area contributed by atoms with Crippen molar-refractivity contribution in [2.24, 2.45) is 17.6 Å². The predicted octanol–water partition coefficient (Wildman–Crippen LogP) is 2.97. The van der Waals surface area contributed by atoms with Gasteiger partial charge in [-0.05, 0) is 44.7 Å². The van der Waals surface area contributed by atoms with E-state index in [2.05, 4.69) is 57.0 Å². The first-order valence-electron chi connectivity index (χ1n) is 7.01. The number of hydrogen-bond donors (Lipinski definition) is 1. The molecule has 2 nitrogen and oxygen atoms in total. The van der Waals surface area contributed by atoms with Gasteiger partial charge in [0.1, 0.15) is 0 Å². The van der Waals surface area contributed by atoms with Gasteiger partial charge in [0, 0.05) is 18.6 Å². The SMILES string of the molecule is Cc1ccc(C(C(C)N)N(C)CC2CC2C)cc1. The highest BCUT2D eigenvalue weighted by molar-refractivity contribution is 5.25. The lowest BCUT2D eigenvalue weighted by atomic mass is 9.98. The molecule has 0 saturated heterocycles. The van der Waals surface area contributed by atoms with Crippen LogP contribution < -0.4 is 5.73 Å². The number of aryl methyl sites for hydroxylation is 1. The summed E-state index contributed by atoms with van der Waals surface area (Å²) < 4.78 is 0. The summed E-state index contributed by atoms with van der Waals surface area (Å²) in [6, 6.07) is 9.29. The Bertz CT molecular complexity index is 383. The van der Waals surface area contributed by atoms with Crippen molar-refractivity contribution in [1.29, 1.82) is 0 Å². The Kier molecular flexibility index (Phi) is 4.08. The quantitative estimate of drug-likeness (QED) is 0.865. The molecule has 1 aromatic carbocycles. The van der Waals surface area contributed by atoms with Crippen molar-refractivity contribution in [2.75, 3.05) is 13.6 Å². The van der Waals surface area contributed by atoms with E-state index in [-0.39, 0.29) is 6.04 Å². The maximum Gasteiger partial charge on any atom is 0.0493 e. The van der Waals surface area contributed by atoms with Crippen LogP contribution in [0.2, 0.25) is 0 Å². The van der Waals surface area contributed by atoms with Crippen molar-refractivity contribution >= 4 is 0 Å². The topological polar surface area (TPSA) is 29.3 Å². The number of likely N-dealkylation sites (N-methyl/N-ethyl adjacent to an activating group) is 1. The van der Waals surface area contributed by atoms with E-state index in [4.69, 9.17) is 5.73 Å². The van der Waals surface area contributed by atoms with Crippen LogP contribution in [0.4, 0.5) is 0 Å². The molecule has 2 heteroatoms. The first-order valence-corrected chi connectivity index (χ1v) is 7.01. The van der Waals surface area contributed by atoms with Gasteiger partial charge in [-0.1, -0.05) is 36.8 Å². The van der Waals surface area contributed by atoms with E-state index in [1.54, 1.807) is 0 Å². The number of benzene rings is 1. The number of rotatable bonds is 5. The summed E-state index contributed by atoms with van der Waals surface area (Å²) in [5.41, 5.74) is 8.84. The van der Waals surface area contributed by atoms with Crippen LogP contribution in [0, 0.1) is 18.8 Å². The highest BCUT2D eigenvalue weighted by Gasteiger charge is 2.35. The van der Waals surface area contributed by atoms with E-state index in [9.17, 15) is 0 Å². The molecule has 0 aliphatic heterocycles. The van der Waals surface area contributed by atoms with E-state index in [0.29, 0.717) is 6.04 Å². The van der Waals surface area contributed by atoms with Crippen LogP contribution in [0.3, 0.4) is 0 Å². The fourth-order valence-electron chi connectivity index (χ4n) is 2.86. The Balaban J connectivity index is 2.09. The summed E-state index contributed by atoms with van der Waals surface area (Å²) in [7, 11) is 2.21. The molecule has 100 valence electrons. The molecule has 0 spiro atoms. The van der Waals surface area contributed by atoms with Gasteiger partial charge in [0.05, 0.1) is 0 Å². The van der Waals surface area contributed by atoms with Gasteiger partial charge in [-0.3, -0.25) is 4.90 Å². The maximum atomic E-state index is 6.20. The van der Waals surface area contributed by atoms with E-state index < -0.39 is 0 Å². The molecule has 1 saturated carbocycles. The Labute approximate surface area is 111 Å². The minimum absolute atomic E-state index is 0.159. The lowest BCUT2D eigenvalue weighted by Gasteiger charge is -2.31. The largest absolute Gasteiger partial charge is 0.326 e. The molecule has 0 aromatic heterocycles. The van der Waals surface area contributed by atoms with Gasteiger partial charge < -0.3 is 5.73 Å². The molecule has 2 N–H and O–H groups in total. The van der Waals surface area contributed by atoms with Crippen molar-refractivity contribution in [3.05, 3.63) is 35.4 Å². The number of nitrogens with two attached hydrogens (primary N) is 1. The number of nitrogens with zero attached hydrogens (tertiary/aromatic N) is 1. The molecule has 18 heavy (non-hydrogen) atoms. The molecule has 1 aromatic rings. The third kappa shape index (κ3) is 3.12. The Morgan fingerprint density at radius 2 is 1.89 bits per heavy atom. The highest BCUT2D eigenvalue weighted by Crippen LogP contribution is 2.39. The van der Waals surface area contributed by atoms with Crippen LogP contribution in [0.5, 0.6) is 0 Å². The van der Waals surface area contributed by atoms with E-state index in [1.165, 1.54) is 24.1 Å². The zero-order valence-corrected chi connectivity index (χ0v) is 12.1. The first kappa shape index (κ1) is 13.6. The molecular formula is C16H26N2. The molecule has 0 amide bonds. The monoisotopic (exact) mass is 246 g/mol. The van der Waals surface area contributed by atoms with Crippen molar-refractivity contribution in [3.8, 4) is 0 Å². The molecular weight excluding hydrogens is 220 g/mol. The average Bonchev–Trinajstić information content (AvgIpc) is 2.97. The smallest absolute Gasteiger partial charge is 0.0493 e. The van der Waals surface area contributed by atoms with Crippen LogP contribution in [-0.4, -0.2) is 24.5 Å². The highest BCUT2D eigenvalue weighted by atomic mass is 15.2. The lowest BCUT2D eigenvalue weighted by Crippen LogP contribution is -2.38.